The van der Waals surface area contributed by atoms with Crippen LogP contribution in [0.5, 0.6) is 0 Å². The zero-order valence-corrected chi connectivity index (χ0v) is 29.7. The van der Waals surface area contributed by atoms with Crippen LogP contribution in [0.3, 0.4) is 0 Å². The lowest BCUT2D eigenvalue weighted by atomic mass is 9.86. The number of nitrogens with zero attached hydrogens (tertiary/aromatic N) is 1. The molecule has 4 N–H and O–H groups in total. The number of likely N-dealkylation sites (tertiary alicyclic amines) is 1. The van der Waals surface area contributed by atoms with Crippen molar-refractivity contribution in [2.45, 2.75) is 148 Å². The summed E-state index contributed by atoms with van der Waals surface area (Å²) in [5.41, 5.74) is -0.597. The van der Waals surface area contributed by atoms with E-state index in [9.17, 15) is 24.9 Å². The first-order valence-corrected chi connectivity index (χ1v) is 17.8. The number of esters is 1. The molecule has 4 aliphatic rings. The maximum absolute atomic E-state index is 13.6. The minimum absolute atomic E-state index is 0.00571. The summed E-state index contributed by atoms with van der Waals surface area (Å²) in [6.07, 6.45) is 9.12. The second kappa shape index (κ2) is 15.5. The van der Waals surface area contributed by atoms with Crippen LogP contribution >= 0.6 is 0 Å². The zero-order valence-electron chi connectivity index (χ0n) is 29.7. The number of epoxide rings is 1. The third-order valence-corrected chi connectivity index (χ3v) is 11.1. The normalized spacial score (nSPS) is 38.3. The molecular weight excluding hydrogens is 600 g/mol. The Balaban J connectivity index is 1.46. The number of carbonyl (C=O) groups excluding carboxylic acids is 2. The van der Waals surface area contributed by atoms with E-state index >= 15 is 0 Å². The Hall–Kier alpha value is -2.24. The molecule has 10 unspecified atom stereocenters. The molecule has 0 aromatic rings. The van der Waals surface area contributed by atoms with Crippen LogP contribution < -0.4 is 5.32 Å². The summed E-state index contributed by atoms with van der Waals surface area (Å²) < 4.78 is 17.9. The molecule has 4 heterocycles. The van der Waals surface area contributed by atoms with Crippen molar-refractivity contribution < 1.29 is 39.1 Å². The van der Waals surface area contributed by atoms with E-state index in [4.69, 9.17) is 14.2 Å². The van der Waals surface area contributed by atoms with Crippen LogP contribution in [0.15, 0.2) is 36.0 Å². The maximum atomic E-state index is 13.6. The van der Waals surface area contributed by atoms with Gasteiger partial charge in [0.05, 0.1) is 42.0 Å². The Morgan fingerprint density at radius 1 is 1.26 bits per heavy atom. The number of nitrogens with one attached hydrogen (secondary N) is 1. The van der Waals surface area contributed by atoms with Crippen molar-refractivity contribution in [3.63, 3.8) is 0 Å². The van der Waals surface area contributed by atoms with Gasteiger partial charge < -0.3 is 34.8 Å². The topological polar surface area (TPSA) is 141 Å². The fraction of sp³-hybridized carbons (Fsp3) is 0.784. The van der Waals surface area contributed by atoms with Crippen LogP contribution in [0.4, 0.5) is 4.79 Å². The van der Waals surface area contributed by atoms with E-state index < -0.39 is 36.0 Å². The number of amides is 1. The van der Waals surface area contributed by atoms with E-state index in [-0.39, 0.29) is 54.1 Å². The van der Waals surface area contributed by atoms with Crippen molar-refractivity contribution in [1.29, 1.82) is 0 Å². The first kappa shape index (κ1) is 37.6. The van der Waals surface area contributed by atoms with Gasteiger partial charge in [-0.05, 0) is 63.0 Å². The first-order chi connectivity index (χ1) is 22.1. The fourth-order valence-electron chi connectivity index (χ4n) is 7.62. The van der Waals surface area contributed by atoms with Gasteiger partial charge in [0, 0.05) is 37.4 Å². The minimum atomic E-state index is -1.13. The quantitative estimate of drug-likeness (QED) is 0.114. The lowest BCUT2D eigenvalue weighted by Crippen LogP contribution is -2.58. The van der Waals surface area contributed by atoms with Gasteiger partial charge in [0.15, 0.2) is 0 Å². The molecule has 12 atom stereocenters. The number of aliphatic hydroxyl groups is 3. The van der Waals surface area contributed by atoms with E-state index in [1.165, 1.54) is 0 Å². The van der Waals surface area contributed by atoms with Gasteiger partial charge in [-0.15, -0.1) is 0 Å². The second-order valence-corrected chi connectivity index (χ2v) is 15.4. The molecule has 47 heavy (non-hydrogen) atoms. The largest absolute Gasteiger partial charge is 0.457 e. The predicted octanol–water partition coefficient (Wildman–Crippen LogP) is 4.67. The van der Waals surface area contributed by atoms with Crippen molar-refractivity contribution in [2.75, 3.05) is 13.1 Å². The van der Waals surface area contributed by atoms with Crippen molar-refractivity contribution in [1.82, 2.24) is 10.2 Å². The van der Waals surface area contributed by atoms with Gasteiger partial charge in [-0.1, -0.05) is 65.8 Å². The third-order valence-electron chi connectivity index (χ3n) is 11.1. The summed E-state index contributed by atoms with van der Waals surface area (Å²) in [5, 5.41) is 35.4. The van der Waals surface area contributed by atoms with E-state index in [0.29, 0.717) is 38.1 Å². The number of rotatable bonds is 10. The number of piperazine rings is 1. The van der Waals surface area contributed by atoms with Crippen molar-refractivity contribution in [3.8, 4) is 0 Å². The maximum Gasteiger partial charge on any atom is 0.410 e. The van der Waals surface area contributed by atoms with Crippen LogP contribution in [0.2, 0.25) is 0 Å². The highest BCUT2D eigenvalue weighted by Gasteiger charge is 2.55. The third kappa shape index (κ3) is 9.26. The molecular formula is C37H60N2O8. The van der Waals surface area contributed by atoms with Crippen molar-refractivity contribution >= 4 is 12.1 Å². The molecule has 4 rings (SSSR count). The summed E-state index contributed by atoms with van der Waals surface area (Å²) in [6.45, 7) is 17.2. The smallest absolute Gasteiger partial charge is 0.410 e. The highest BCUT2D eigenvalue weighted by atomic mass is 16.6. The van der Waals surface area contributed by atoms with Gasteiger partial charge >= 0.3 is 12.1 Å². The molecule has 2 bridgehead atoms. The molecule has 0 aliphatic carbocycles. The van der Waals surface area contributed by atoms with E-state index in [1.54, 1.807) is 19.1 Å². The van der Waals surface area contributed by atoms with Gasteiger partial charge in [0.1, 0.15) is 12.2 Å². The van der Waals surface area contributed by atoms with Gasteiger partial charge in [0.25, 0.3) is 0 Å². The van der Waals surface area contributed by atoms with Crippen LogP contribution in [-0.2, 0) is 19.0 Å². The number of ether oxygens (including phenoxy) is 3. The zero-order chi connectivity index (χ0) is 34.7. The molecule has 0 radical (unpaired) electrons. The fourth-order valence-corrected chi connectivity index (χ4v) is 7.62. The minimum Gasteiger partial charge on any atom is -0.457 e. The molecule has 3 fully saturated rings. The van der Waals surface area contributed by atoms with Crippen molar-refractivity contribution in [2.24, 2.45) is 23.7 Å². The summed E-state index contributed by atoms with van der Waals surface area (Å²) in [7, 11) is 0. The number of cyclic esters (lactones) is 1. The molecule has 0 spiro atoms. The molecule has 0 saturated carbocycles. The second-order valence-electron chi connectivity index (χ2n) is 15.4. The predicted molar refractivity (Wildman–Crippen MR) is 180 cm³/mol. The monoisotopic (exact) mass is 660 g/mol. The molecule has 1 amide bonds. The van der Waals surface area contributed by atoms with Crippen LogP contribution in [0.1, 0.15) is 93.9 Å². The SMILES string of the molecule is CCC(O)C(C)C1OC1CC(C)(O)/C=C/C=C(\C)C1OC(=O)CC(O)CCC(C)C(OC(=O)N2C[C@@H]3C[C@]2(C(C)C)CN3)/C=C/C1C. The highest BCUT2D eigenvalue weighted by Crippen LogP contribution is 2.41. The number of hydrogen-bond acceptors (Lipinski definition) is 9. The highest BCUT2D eigenvalue weighted by molar-refractivity contribution is 5.71. The summed E-state index contributed by atoms with van der Waals surface area (Å²) in [6, 6.07) is 0.287. The van der Waals surface area contributed by atoms with E-state index in [1.807, 2.05) is 57.7 Å². The van der Waals surface area contributed by atoms with Gasteiger partial charge in [-0.2, -0.15) is 0 Å². The van der Waals surface area contributed by atoms with Gasteiger partial charge in [-0.25, -0.2) is 4.79 Å². The molecule has 266 valence electrons. The van der Waals surface area contributed by atoms with Crippen LogP contribution in [-0.4, -0.2) is 99.2 Å². The summed E-state index contributed by atoms with van der Waals surface area (Å²) in [4.78, 5) is 28.4. The average molecular weight is 661 g/mol. The van der Waals surface area contributed by atoms with Crippen molar-refractivity contribution in [3.05, 3.63) is 36.0 Å². The molecule has 3 saturated heterocycles. The Bertz CT molecular complexity index is 1180. The number of aliphatic hydroxyl groups excluding tert-OH is 2. The average Bonchev–Trinajstić information content (AvgIpc) is 3.45. The first-order valence-electron chi connectivity index (χ1n) is 17.8. The Labute approximate surface area is 281 Å². The molecule has 0 aromatic heterocycles. The molecule has 4 aliphatic heterocycles. The lowest BCUT2D eigenvalue weighted by Gasteiger charge is -2.41. The number of fused-ring (bicyclic) bond motifs is 2. The van der Waals surface area contributed by atoms with E-state index in [0.717, 1.165) is 18.5 Å². The standard InChI is InChI=1S/C37H60N2O8/c1-9-29(41)26(7)34-31(45-34)19-36(8,44)16-10-11-24(5)33-25(6)13-15-30(23(4)12-14-28(40)17-32(42)47-33)46-35(43)39-20-27-18-37(39,21-38-27)22(2)3/h10-11,13,15-16,22-23,25-31,33-34,38,40-41,44H,9,12,14,17-21H2,1-8H3/b15-13+,16-10+,24-11+/t23?,25?,26?,27-,28?,29?,30?,31?,33?,34?,36?,37+/m0/s1. The Kier molecular flexibility index (Phi) is 12.4. The number of hydrogen-bond donors (Lipinski definition) is 4. The van der Waals surface area contributed by atoms with Crippen LogP contribution in [0.25, 0.3) is 0 Å². The van der Waals surface area contributed by atoms with Gasteiger partial charge in [0.2, 0.25) is 0 Å². The number of allylic oxidation sites excluding steroid dienone is 2. The van der Waals surface area contributed by atoms with Crippen LogP contribution in [0, 0.1) is 23.7 Å². The lowest BCUT2D eigenvalue weighted by molar-refractivity contribution is -0.151. The number of carbonyl (C=O) groups is 2. The Morgan fingerprint density at radius 3 is 2.64 bits per heavy atom. The summed E-state index contributed by atoms with van der Waals surface area (Å²) >= 11 is 0. The molecule has 10 heteroatoms. The van der Waals surface area contributed by atoms with E-state index in [2.05, 4.69) is 19.2 Å². The van der Waals surface area contributed by atoms with Gasteiger partial charge in [-0.3, -0.25) is 9.69 Å². The molecule has 0 aromatic carbocycles. The Morgan fingerprint density at radius 2 is 1.98 bits per heavy atom. The summed E-state index contributed by atoms with van der Waals surface area (Å²) in [5.74, 6) is -0.495. The molecule has 10 nitrogen and oxygen atoms in total.